The van der Waals surface area contributed by atoms with Crippen LogP contribution < -0.4 is 4.90 Å². The number of nitrogens with zero attached hydrogens (tertiary/aromatic N) is 3. The van der Waals surface area contributed by atoms with E-state index in [1.165, 1.54) is 30.6 Å². The number of para-hydroxylation sites is 1. The second kappa shape index (κ2) is 6.27. The summed E-state index contributed by atoms with van der Waals surface area (Å²) in [5, 5.41) is 0. The van der Waals surface area contributed by atoms with Crippen LogP contribution in [0.4, 0.5) is 11.5 Å². The quantitative estimate of drug-likeness (QED) is 0.844. The van der Waals surface area contributed by atoms with Crippen LogP contribution in [0.25, 0.3) is 0 Å². The molecule has 0 aliphatic carbocycles. The highest BCUT2D eigenvalue weighted by molar-refractivity contribution is 5.62. The molecule has 0 saturated carbocycles. The summed E-state index contributed by atoms with van der Waals surface area (Å²) in [6.45, 7) is 4.55. The van der Waals surface area contributed by atoms with Crippen molar-refractivity contribution < 1.29 is 0 Å². The van der Waals surface area contributed by atoms with E-state index in [1.807, 2.05) is 12.3 Å². The third kappa shape index (κ3) is 2.79. The van der Waals surface area contributed by atoms with E-state index in [4.69, 9.17) is 0 Å². The Bertz CT molecular complexity index is 582. The van der Waals surface area contributed by atoms with E-state index in [-0.39, 0.29) is 0 Å². The predicted molar refractivity (Wildman–Crippen MR) is 88.0 cm³/mol. The van der Waals surface area contributed by atoms with Gasteiger partial charge in [0.2, 0.25) is 0 Å². The zero-order valence-corrected chi connectivity index (χ0v) is 12.9. The van der Waals surface area contributed by atoms with Gasteiger partial charge in [0, 0.05) is 30.5 Å². The molecule has 3 nitrogen and oxygen atoms in total. The lowest BCUT2D eigenvalue weighted by atomic mass is 10.0. The van der Waals surface area contributed by atoms with Gasteiger partial charge in [-0.2, -0.15) is 0 Å². The maximum atomic E-state index is 4.67. The molecule has 0 radical (unpaired) electrons. The molecular formula is C18H23N3. The SMILES string of the molecule is CCN1CCC[C@H]1c1cccnc1N(C)c1ccccc1. The monoisotopic (exact) mass is 281 g/mol. The third-order valence-corrected chi connectivity index (χ3v) is 4.41. The molecule has 1 saturated heterocycles. The van der Waals surface area contributed by atoms with Crippen molar-refractivity contribution in [3.63, 3.8) is 0 Å². The number of hydrogen-bond acceptors (Lipinski definition) is 3. The molecule has 0 bridgehead atoms. The molecule has 21 heavy (non-hydrogen) atoms. The largest absolute Gasteiger partial charge is 0.329 e. The summed E-state index contributed by atoms with van der Waals surface area (Å²) in [5.74, 6) is 1.08. The minimum absolute atomic E-state index is 0.505. The Morgan fingerprint density at radius 3 is 2.76 bits per heavy atom. The smallest absolute Gasteiger partial charge is 0.137 e. The molecule has 3 rings (SSSR count). The van der Waals surface area contributed by atoms with Crippen molar-refractivity contribution >= 4 is 11.5 Å². The summed E-state index contributed by atoms with van der Waals surface area (Å²) in [6.07, 6.45) is 4.40. The molecule has 0 amide bonds. The van der Waals surface area contributed by atoms with Crippen molar-refractivity contribution in [3.8, 4) is 0 Å². The molecule has 1 atom stereocenters. The maximum Gasteiger partial charge on any atom is 0.137 e. The van der Waals surface area contributed by atoms with Gasteiger partial charge in [0.1, 0.15) is 5.82 Å². The molecule has 0 unspecified atom stereocenters. The van der Waals surface area contributed by atoms with Gasteiger partial charge in [-0.15, -0.1) is 0 Å². The first-order valence-corrected chi connectivity index (χ1v) is 7.79. The number of benzene rings is 1. The Morgan fingerprint density at radius 1 is 1.19 bits per heavy atom. The molecule has 0 N–H and O–H groups in total. The van der Waals surface area contributed by atoms with Crippen LogP contribution in [0.3, 0.4) is 0 Å². The molecule has 1 aromatic heterocycles. The van der Waals surface area contributed by atoms with Gasteiger partial charge < -0.3 is 4.90 Å². The topological polar surface area (TPSA) is 19.4 Å². The van der Waals surface area contributed by atoms with E-state index in [9.17, 15) is 0 Å². The van der Waals surface area contributed by atoms with Crippen molar-refractivity contribution in [1.82, 2.24) is 9.88 Å². The van der Waals surface area contributed by atoms with Crippen molar-refractivity contribution in [1.29, 1.82) is 0 Å². The molecule has 0 spiro atoms. The van der Waals surface area contributed by atoms with Crippen LogP contribution in [0.15, 0.2) is 48.7 Å². The molecule has 3 heteroatoms. The molecule has 2 heterocycles. The number of likely N-dealkylation sites (tertiary alicyclic amines) is 1. The minimum Gasteiger partial charge on any atom is -0.329 e. The molecule has 110 valence electrons. The highest BCUT2D eigenvalue weighted by atomic mass is 15.2. The summed E-state index contributed by atoms with van der Waals surface area (Å²) >= 11 is 0. The molecule has 1 aliphatic heterocycles. The van der Waals surface area contributed by atoms with Crippen LogP contribution in [0.1, 0.15) is 31.4 Å². The van der Waals surface area contributed by atoms with Gasteiger partial charge >= 0.3 is 0 Å². The fraction of sp³-hybridized carbons (Fsp3) is 0.389. The predicted octanol–water partition coefficient (Wildman–Crippen LogP) is 4.01. The lowest BCUT2D eigenvalue weighted by Crippen LogP contribution is -2.25. The Kier molecular flexibility index (Phi) is 4.20. The van der Waals surface area contributed by atoms with E-state index < -0.39 is 0 Å². The van der Waals surface area contributed by atoms with Gasteiger partial charge in [-0.05, 0) is 44.1 Å². The van der Waals surface area contributed by atoms with Gasteiger partial charge in [-0.3, -0.25) is 4.90 Å². The van der Waals surface area contributed by atoms with Gasteiger partial charge in [0.25, 0.3) is 0 Å². The molecule has 1 fully saturated rings. The second-order valence-electron chi connectivity index (χ2n) is 5.60. The van der Waals surface area contributed by atoms with Gasteiger partial charge in [0.15, 0.2) is 0 Å². The number of anilines is 2. The fourth-order valence-corrected chi connectivity index (χ4v) is 3.28. The Labute approximate surface area is 127 Å². The Morgan fingerprint density at radius 2 is 2.00 bits per heavy atom. The zero-order chi connectivity index (χ0) is 14.7. The zero-order valence-electron chi connectivity index (χ0n) is 12.9. The highest BCUT2D eigenvalue weighted by Gasteiger charge is 2.27. The first-order valence-electron chi connectivity index (χ1n) is 7.79. The number of pyridine rings is 1. The lowest BCUT2D eigenvalue weighted by molar-refractivity contribution is 0.271. The first kappa shape index (κ1) is 14.1. The molecule has 1 aromatic carbocycles. The van der Waals surface area contributed by atoms with Crippen molar-refractivity contribution in [3.05, 3.63) is 54.2 Å². The minimum atomic E-state index is 0.505. The number of rotatable bonds is 4. The van der Waals surface area contributed by atoms with Crippen molar-refractivity contribution in [2.75, 3.05) is 25.0 Å². The van der Waals surface area contributed by atoms with Gasteiger partial charge in [0.05, 0.1) is 0 Å². The van der Waals surface area contributed by atoms with E-state index >= 15 is 0 Å². The number of hydrogen-bond donors (Lipinski definition) is 0. The average molecular weight is 281 g/mol. The normalized spacial score (nSPS) is 18.9. The second-order valence-corrected chi connectivity index (χ2v) is 5.60. The van der Waals surface area contributed by atoms with Crippen LogP contribution >= 0.6 is 0 Å². The standard InChI is InChI=1S/C18H23N3/c1-3-21-14-8-12-17(21)16-11-7-13-19-18(16)20(2)15-9-5-4-6-10-15/h4-7,9-11,13,17H,3,8,12,14H2,1-2H3/t17-/m0/s1. The summed E-state index contributed by atoms with van der Waals surface area (Å²) in [6, 6.07) is 15.3. The highest BCUT2D eigenvalue weighted by Crippen LogP contribution is 2.37. The van der Waals surface area contributed by atoms with Crippen LogP contribution in [-0.4, -0.2) is 30.0 Å². The Balaban J connectivity index is 1.96. The molecule has 1 aliphatic rings. The fourth-order valence-electron chi connectivity index (χ4n) is 3.28. The summed E-state index contributed by atoms with van der Waals surface area (Å²) in [5.41, 5.74) is 2.53. The summed E-state index contributed by atoms with van der Waals surface area (Å²) in [7, 11) is 2.10. The van der Waals surface area contributed by atoms with Gasteiger partial charge in [-0.25, -0.2) is 4.98 Å². The molecular weight excluding hydrogens is 258 g/mol. The number of aromatic nitrogens is 1. The van der Waals surface area contributed by atoms with Crippen LogP contribution in [0.2, 0.25) is 0 Å². The average Bonchev–Trinajstić information content (AvgIpc) is 3.03. The van der Waals surface area contributed by atoms with E-state index in [0.717, 1.165) is 12.4 Å². The third-order valence-electron chi connectivity index (χ3n) is 4.41. The Hall–Kier alpha value is -1.87. The van der Waals surface area contributed by atoms with Crippen LogP contribution in [0.5, 0.6) is 0 Å². The summed E-state index contributed by atoms with van der Waals surface area (Å²) < 4.78 is 0. The first-order chi connectivity index (χ1) is 10.3. The molecule has 2 aromatic rings. The lowest BCUT2D eigenvalue weighted by Gasteiger charge is -2.28. The van der Waals surface area contributed by atoms with E-state index in [2.05, 4.69) is 65.2 Å². The van der Waals surface area contributed by atoms with E-state index in [1.54, 1.807) is 0 Å². The maximum absolute atomic E-state index is 4.67. The van der Waals surface area contributed by atoms with Crippen molar-refractivity contribution in [2.45, 2.75) is 25.8 Å². The van der Waals surface area contributed by atoms with Crippen LogP contribution in [0, 0.1) is 0 Å². The van der Waals surface area contributed by atoms with Crippen molar-refractivity contribution in [2.24, 2.45) is 0 Å². The summed E-state index contributed by atoms with van der Waals surface area (Å²) in [4.78, 5) is 9.42. The van der Waals surface area contributed by atoms with Crippen LogP contribution in [-0.2, 0) is 0 Å². The van der Waals surface area contributed by atoms with Gasteiger partial charge in [-0.1, -0.05) is 31.2 Å². The van der Waals surface area contributed by atoms with E-state index in [0.29, 0.717) is 6.04 Å².